The molecule has 1 aliphatic heterocycles. The van der Waals surface area contributed by atoms with Gasteiger partial charge in [0, 0.05) is 26.2 Å². The first-order valence-electron chi connectivity index (χ1n) is 10.1. The van der Waals surface area contributed by atoms with Crippen molar-refractivity contribution in [3.05, 3.63) is 66.2 Å². The normalized spacial score (nSPS) is 20.0. The topological polar surface area (TPSA) is 49.9 Å². The van der Waals surface area contributed by atoms with E-state index in [1.807, 2.05) is 48.5 Å². The molecule has 5 nitrogen and oxygen atoms in total. The second-order valence-electron chi connectivity index (χ2n) is 7.71. The van der Waals surface area contributed by atoms with Crippen LogP contribution in [-0.4, -0.2) is 56.2 Å². The van der Waals surface area contributed by atoms with Crippen LogP contribution in [0.4, 0.5) is 0 Å². The lowest BCUT2D eigenvalue weighted by molar-refractivity contribution is 0.0984. The molecule has 1 aliphatic carbocycles. The predicted molar refractivity (Wildman–Crippen MR) is 111 cm³/mol. The lowest BCUT2D eigenvalue weighted by atomic mass is 10.1. The zero-order chi connectivity index (χ0) is 19.4. The molecule has 2 aromatic rings. The van der Waals surface area contributed by atoms with Gasteiger partial charge in [0.15, 0.2) is 0 Å². The third kappa shape index (κ3) is 4.93. The molecule has 2 aromatic carbocycles. The van der Waals surface area contributed by atoms with Crippen molar-refractivity contribution in [1.82, 2.24) is 9.21 Å². The smallest absolute Gasteiger partial charge is 0.214 e. The number of sulfonamides is 1. The van der Waals surface area contributed by atoms with Gasteiger partial charge in [-0.15, -0.1) is 0 Å². The maximum absolute atomic E-state index is 12.6. The Morgan fingerprint density at radius 2 is 1.50 bits per heavy atom. The minimum Gasteiger partial charge on any atom is -0.492 e. The van der Waals surface area contributed by atoms with Crippen LogP contribution in [0.2, 0.25) is 0 Å². The molecule has 0 bridgehead atoms. The zero-order valence-electron chi connectivity index (χ0n) is 16.1. The third-order valence-corrected chi connectivity index (χ3v) is 7.63. The highest BCUT2D eigenvalue weighted by Crippen LogP contribution is 2.32. The van der Waals surface area contributed by atoms with Crippen molar-refractivity contribution < 1.29 is 13.2 Å². The van der Waals surface area contributed by atoms with E-state index in [1.54, 1.807) is 4.31 Å². The fraction of sp³-hybridized carbons (Fsp3) is 0.455. The first kappa shape index (κ1) is 19.4. The highest BCUT2D eigenvalue weighted by molar-refractivity contribution is 7.89. The Morgan fingerprint density at radius 3 is 2.11 bits per heavy atom. The summed E-state index contributed by atoms with van der Waals surface area (Å²) >= 11 is 0. The fourth-order valence-corrected chi connectivity index (χ4v) is 5.62. The van der Waals surface area contributed by atoms with E-state index in [0.717, 1.165) is 31.7 Å². The van der Waals surface area contributed by atoms with Crippen molar-refractivity contribution in [2.75, 3.05) is 38.5 Å². The molecule has 2 aliphatic rings. The monoisotopic (exact) mass is 400 g/mol. The van der Waals surface area contributed by atoms with E-state index in [1.165, 1.54) is 5.56 Å². The molecule has 1 unspecified atom stereocenters. The molecule has 6 heteroatoms. The molecule has 150 valence electrons. The van der Waals surface area contributed by atoms with Crippen molar-refractivity contribution >= 4 is 10.0 Å². The summed E-state index contributed by atoms with van der Waals surface area (Å²) in [6, 6.07) is 20.3. The number of hydrogen-bond donors (Lipinski definition) is 0. The maximum atomic E-state index is 12.6. The van der Waals surface area contributed by atoms with Crippen LogP contribution in [0.5, 0.6) is 5.75 Å². The van der Waals surface area contributed by atoms with Crippen LogP contribution in [-0.2, 0) is 10.0 Å². The number of hydrogen-bond acceptors (Lipinski definition) is 4. The number of nitrogens with zero attached hydrogens (tertiary/aromatic N) is 2. The Labute approximate surface area is 168 Å². The van der Waals surface area contributed by atoms with Gasteiger partial charge in [0.25, 0.3) is 0 Å². The summed E-state index contributed by atoms with van der Waals surface area (Å²) in [5.41, 5.74) is 1.20. The van der Waals surface area contributed by atoms with Crippen LogP contribution in [0, 0.1) is 5.92 Å². The molecular weight excluding hydrogens is 372 g/mol. The van der Waals surface area contributed by atoms with Crippen molar-refractivity contribution in [3.63, 3.8) is 0 Å². The van der Waals surface area contributed by atoms with Gasteiger partial charge in [-0.3, -0.25) is 4.90 Å². The van der Waals surface area contributed by atoms with Gasteiger partial charge >= 0.3 is 0 Å². The number of rotatable bonds is 8. The summed E-state index contributed by atoms with van der Waals surface area (Å²) in [5.74, 6) is 1.57. The Hall–Kier alpha value is -1.89. The van der Waals surface area contributed by atoms with Crippen LogP contribution in [0.15, 0.2) is 60.7 Å². The summed E-state index contributed by atoms with van der Waals surface area (Å²) in [5, 5.41) is 0. The standard InChI is InChI=1S/C22H28N2O3S/c25-28(26,18-19-11-12-19)24-15-13-23(14-16-24)22(20-7-3-1-4-8-20)17-27-21-9-5-2-6-10-21/h1-10,19,22H,11-18H2. The average molecular weight is 401 g/mol. The van der Waals surface area contributed by atoms with Gasteiger partial charge in [-0.1, -0.05) is 48.5 Å². The minimum absolute atomic E-state index is 0.106. The van der Waals surface area contributed by atoms with Crippen molar-refractivity contribution in [2.24, 2.45) is 5.92 Å². The Kier molecular flexibility index (Phi) is 5.99. The van der Waals surface area contributed by atoms with E-state index in [-0.39, 0.29) is 6.04 Å². The third-order valence-electron chi connectivity index (χ3n) is 5.59. The van der Waals surface area contributed by atoms with Crippen LogP contribution >= 0.6 is 0 Å². The highest BCUT2D eigenvalue weighted by Gasteiger charge is 2.35. The van der Waals surface area contributed by atoms with Gasteiger partial charge in [0.1, 0.15) is 12.4 Å². The van der Waals surface area contributed by atoms with Gasteiger partial charge in [0.05, 0.1) is 11.8 Å². The second-order valence-corrected chi connectivity index (χ2v) is 9.72. The Bertz CT molecular complexity index is 846. The van der Waals surface area contributed by atoms with Gasteiger partial charge in [-0.25, -0.2) is 8.42 Å². The molecule has 1 atom stereocenters. The maximum Gasteiger partial charge on any atom is 0.214 e. The van der Waals surface area contributed by atoms with E-state index in [9.17, 15) is 8.42 Å². The van der Waals surface area contributed by atoms with E-state index >= 15 is 0 Å². The summed E-state index contributed by atoms with van der Waals surface area (Å²) in [6.45, 7) is 3.11. The van der Waals surface area contributed by atoms with Gasteiger partial charge in [-0.05, 0) is 36.5 Å². The molecule has 1 heterocycles. The summed E-state index contributed by atoms with van der Waals surface area (Å²) in [6.07, 6.45) is 2.12. The van der Waals surface area contributed by atoms with Crippen LogP contribution in [0.25, 0.3) is 0 Å². The van der Waals surface area contributed by atoms with E-state index in [2.05, 4.69) is 17.0 Å². The first-order valence-corrected chi connectivity index (χ1v) is 11.7. The van der Waals surface area contributed by atoms with Gasteiger partial charge in [-0.2, -0.15) is 4.31 Å². The van der Waals surface area contributed by atoms with Crippen LogP contribution in [0.3, 0.4) is 0 Å². The summed E-state index contributed by atoms with van der Waals surface area (Å²) in [4.78, 5) is 2.35. The highest BCUT2D eigenvalue weighted by atomic mass is 32.2. The predicted octanol–water partition coefficient (Wildman–Crippen LogP) is 3.16. The lowest BCUT2D eigenvalue weighted by Gasteiger charge is -2.38. The largest absolute Gasteiger partial charge is 0.492 e. The first-order chi connectivity index (χ1) is 13.6. The average Bonchev–Trinajstić information content (AvgIpc) is 3.53. The van der Waals surface area contributed by atoms with E-state index < -0.39 is 10.0 Å². The molecule has 28 heavy (non-hydrogen) atoms. The molecule has 1 saturated carbocycles. The van der Waals surface area contributed by atoms with Gasteiger partial charge < -0.3 is 4.74 Å². The molecular formula is C22H28N2O3S. The second kappa shape index (κ2) is 8.64. The molecule has 0 N–H and O–H groups in total. The molecule has 0 aromatic heterocycles. The zero-order valence-corrected chi connectivity index (χ0v) is 16.9. The molecule has 2 fully saturated rings. The summed E-state index contributed by atoms with van der Waals surface area (Å²) < 4.78 is 32.9. The molecule has 0 radical (unpaired) electrons. The van der Waals surface area contributed by atoms with Crippen molar-refractivity contribution in [1.29, 1.82) is 0 Å². The van der Waals surface area contributed by atoms with Crippen molar-refractivity contribution in [3.8, 4) is 5.75 Å². The van der Waals surface area contributed by atoms with E-state index in [4.69, 9.17) is 4.74 Å². The number of ether oxygens (including phenoxy) is 1. The van der Waals surface area contributed by atoms with E-state index in [0.29, 0.717) is 31.4 Å². The molecule has 0 spiro atoms. The van der Waals surface area contributed by atoms with Crippen LogP contribution in [0.1, 0.15) is 24.4 Å². The molecule has 0 amide bonds. The molecule has 1 saturated heterocycles. The SMILES string of the molecule is O=S(=O)(CC1CC1)N1CCN(C(COc2ccccc2)c2ccccc2)CC1. The summed E-state index contributed by atoms with van der Waals surface area (Å²) in [7, 11) is -3.11. The fourth-order valence-electron chi connectivity index (χ4n) is 3.76. The Morgan fingerprint density at radius 1 is 0.893 bits per heavy atom. The van der Waals surface area contributed by atoms with Gasteiger partial charge in [0.2, 0.25) is 10.0 Å². The number of para-hydroxylation sites is 1. The van der Waals surface area contributed by atoms with Crippen LogP contribution < -0.4 is 4.74 Å². The lowest BCUT2D eigenvalue weighted by Crippen LogP contribution is -2.51. The Balaban J connectivity index is 1.42. The minimum atomic E-state index is -3.11. The molecule has 4 rings (SSSR count). The number of benzene rings is 2. The number of piperazine rings is 1. The quantitative estimate of drug-likeness (QED) is 0.683. The van der Waals surface area contributed by atoms with Crippen molar-refractivity contribution in [2.45, 2.75) is 18.9 Å².